The molecule has 0 saturated heterocycles. The molecule has 2 N–H and O–H groups in total. The predicted molar refractivity (Wildman–Crippen MR) is 148 cm³/mol. The van der Waals surface area contributed by atoms with Crippen molar-refractivity contribution in [3.63, 3.8) is 0 Å². The van der Waals surface area contributed by atoms with Crippen LogP contribution in [0.1, 0.15) is 36.6 Å². The lowest BCUT2D eigenvalue weighted by Crippen LogP contribution is -2.18. The molecule has 0 radical (unpaired) electrons. The number of carbonyl (C=O) groups excluding carboxylic acids is 3. The van der Waals surface area contributed by atoms with Gasteiger partial charge >= 0.3 is 5.97 Å². The van der Waals surface area contributed by atoms with Gasteiger partial charge in [-0.1, -0.05) is 40.2 Å². The van der Waals surface area contributed by atoms with Crippen LogP contribution in [0.25, 0.3) is 0 Å². The van der Waals surface area contributed by atoms with Crippen LogP contribution in [0.5, 0.6) is 17.2 Å². The van der Waals surface area contributed by atoms with E-state index in [0.29, 0.717) is 33.9 Å². The second-order valence-electron chi connectivity index (χ2n) is 8.24. The average Bonchev–Trinajstić information content (AvgIpc) is 3.43. The Morgan fingerprint density at radius 3 is 2.41 bits per heavy atom. The minimum Gasteiger partial charge on any atom is -0.454 e. The summed E-state index contributed by atoms with van der Waals surface area (Å²) in [6, 6.07) is 25.0. The largest absolute Gasteiger partial charge is 0.454 e. The van der Waals surface area contributed by atoms with E-state index in [1.165, 1.54) is 12.3 Å². The third-order valence-corrected chi connectivity index (χ3v) is 6.06. The number of amides is 2. The van der Waals surface area contributed by atoms with E-state index >= 15 is 0 Å². The lowest BCUT2D eigenvalue weighted by molar-refractivity contribution is 0.0733. The van der Waals surface area contributed by atoms with Gasteiger partial charge in [0.25, 0.3) is 11.8 Å². The van der Waals surface area contributed by atoms with Crippen LogP contribution in [0.4, 0.5) is 5.69 Å². The summed E-state index contributed by atoms with van der Waals surface area (Å²) in [6.45, 7) is 0.113. The summed E-state index contributed by atoms with van der Waals surface area (Å²) >= 11 is 3.39. The van der Waals surface area contributed by atoms with Crippen molar-refractivity contribution in [3.05, 3.63) is 118 Å². The summed E-state index contributed by atoms with van der Waals surface area (Å²) in [7, 11) is 0. The molecule has 0 fully saturated rings. The van der Waals surface area contributed by atoms with Crippen molar-refractivity contribution >= 4 is 45.6 Å². The number of fused-ring (bicyclic) bond motifs is 1. The van der Waals surface area contributed by atoms with E-state index in [1.807, 2.05) is 0 Å². The molecule has 2 amide bonds. The number of nitrogens with zero attached hydrogens (tertiary/aromatic N) is 1. The Labute approximate surface area is 231 Å². The van der Waals surface area contributed by atoms with Crippen LogP contribution >= 0.6 is 15.9 Å². The fraction of sp³-hybridized carbons (Fsp3) is 0.0345. The Morgan fingerprint density at radius 1 is 0.795 bits per heavy atom. The van der Waals surface area contributed by atoms with Crippen molar-refractivity contribution in [1.82, 2.24) is 5.43 Å². The van der Waals surface area contributed by atoms with Gasteiger partial charge in [-0.2, -0.15) is 5.10 Å². The number of ether oxygens (including phenoxy) is 3. The summed E-state index contributed by atoms with van der Waals surface area (Å²) in [6.07, 6.45) is 1.38. The Kier molecular flexibility index (Phi) is 7.65. The monoisotopic (exact) mass is 585 g/mol. The summed E-state index contributed by atoms with van der Waals surface area (Å²) in [4.78, 5) is 37.9. The van der Waals surface area contributed by atoms with Crippen molar-refractivity contribution in [2.45, 2.75) is 0 Å². The molecule has 0 spiro atoms. The highest BCUT2D eigenvalue weighted by Crippen LogP contribution is 2.32. The highest BCUT2D eigenvalue weighted by atomic mass is 79.9. The van der Waals surface area contributed by atoms with E-state index in [1.54, 1.807) is 84.9 Å². The molecule has 0 unspecified atom stereocenters. The van der Waals surface area contributed by atoms with Gasteiger partial charge in [0.2, 0.25) is 6.79 Å². The van der Waals surface area contributed by atoms with Gasteiger partial charge in [0, 0.05) is 26.9 Å². The SMILES string of the molecule is O=C(NN=Cc1cc(Br)ccc1OC(=O)c1ccccc1)c1cccc(NC(=O)c2ccc3c(c2)OCO3)c1. The first kappa shape index (κ1) is 25.7. The molecular formula is C29H20BrN3O6. The zero-order valence-electron chi connectivity index (χ0n) is 20.2. The third-order valence-electron chi connectivity index (χ3n) is 5.57. The Balaban J connectivity index is 1.24. The molecule has 5 rings (SSSR count). The van der Waals surface area contributed by atoms with Crippen LogP contribution in [-0.4, -0.2) is 30.8 Å². The van der Waals surface area contributed by atoms with Crippen LogP contribution in [0.15, 0.2) is 101 Å². The van der Waals surface area contributed by atoms with Crippen LogP contribution in [0, 0.1) is 0 Å². The number of benzene rings is 4. The number of hydrogen-bond donors (Lipinski definition) is 2. The van der Waals surface area contributed by atoms with Crippen molar-refractivity contribution in [1.29, 1.82) is 0 Å². The molecular weight excluding hydrogens is 566 g/mol. The number of carbonyl (C=O) groups is 3. The quantitative estimate of drug-likeness (QED) is 0.130. The maximum absolute atomic E-state index is 12.7. The van der Waals surface area contributed by atoms with Crippen molar-refractivity contribution < 1.29 is 28.6 Å². The predicted octanol–water partition coefficient (Wildman–Crippen LogP) is 5.41. The Morgan fingerprint density at radius 2 is 1.56 bits per heavy atom. The van der Waals surface area contributed by atoms with E-state index in [-0.39, 0.29) is 24.0 Å². The molecule has 0 saturated carbocycles. The molecule has 194 valence electrons. The van der Waals surface area contributed by atoms with Crippen molar-refractivity contribution in [3.8, 4) is 17.2 Å². The van der Waals surface area contributed by atoms with Crippen LogP contribution in [0.2, 0.25) is 0 Å². The van der Waals surface area contributed by atoms with E-state index < -0.39 is 11.9 Å². The molecule has 9 nitrogen and oxygen atoms in total. The van der Waals surface area contributed by atoms with Crippen LogP contribution < -0.4 is 25.0 Å². The fourth-order valence-corrected chi connectivity index (χ4v) is 4.03. The fourth-order valence-electron chi connectivity index (χ4n) is 3.65. The van der Waals surface area contributed by atoms with Crippen molar-refractivity contribution in [2.75, 3.05) is 12.1 Å². The standard InChI is InChI=1S/C29H20BrN3O6/c30-22-10-12-24(39-29(36)18-5-2-1-3-6-18)21(13-22)16-31-33-28(35)19-7-4-8-23(14-19)32-27(34)20-9-11-25-26(15-20)38-17-37-25/h1-16H,17H2,(H,32,34)(H,33,35). The highest BCUT2D eigenvalue weighted by molar-refractivity contribution is 9.10. The van der Waals surface area contributed by atoms with Gasteiger partial charge in [-0.3, -0.25) is 9.59 Å². The zero-order valence-corrected chi connectivity index (χ0v) is 21.8. The third kappa shape index (κ3) is 6.31. The molecule has 1 heterocycles. The molecule has 1 aliphatic rings. The van der Waals surface area contributed by atoms with E-state index in [9.17, 15) is 14.4 Å². The number of nitrogens with one attached hydrogen (secondary N) is 2. The number of halogens is 1. The summed E-state index contributed by atoms with van der Waals surface area (Å²) in [5.74, 6) is -0.0268. The lowest BCUT2D eigenvalue weighted by atomic mass is 10.1. The van der Waals surface area contributed by atoms with Gasteiger partial charge in [-0.05, 0) is 66.7 Å². The highest BCUT2D eigenvalue weighted by Gasteiger charge is 2.17. The molecule has 0 aliphatic carbocycles. The Bertz CT molecular complexity index is 1590. The number of anilines is 1. The summed E-state index contributed by atoms with van der Waals surface area (Å²) in [5, 5.41) is 6.79. The van der Waals surface area contributed by atoms with E-state index in [0.717, 1.165) is 4.47 Å². The van der Waals surface area contributed by atoms with Gasteiger partial charge < -0.3 is 19.5 Å². The van der Waals surface area contributed by atoms with Gasteiger partial charge in [0.15, 0.2) is 11.5 Å². The smallest absolute Gasteiger partial charge is 0.343 e. The second kappa shape index (κ2) is 11.6. The second-order valence-corrected chi connectivity index (χ2v) is 9.16. The van der Waals surface area contributed by atoms with Gasteiger partial charge in [0.05, 0.1) is 11.8 Å². The molecule has 0 atom stereocenters. The first-order chi connectivity index (χ1) is 19.0. The van der Waals surface area contributed by atoms with Crippen LogP contribution in [-0.2, 0) is 0 Å². The van der Waals surface area contributed by atoms with E-state index in [2.05, 4.69) is 31.8 Å². The number of hydrogen-bond acceptors (Lipinski definition) is 7. The number of rotatable bonds is 7. The molecule has 4 aromatic carbocycles. The van der Waals surface area contributed by atoms with Crippen molar-refractivity contribution in [2.24, 2.45) is 5.10 Å². The maximum Gasteiger partial charge on any atom is 0.343 e. The minimum absolute atomic E-state index is 0.113. The average molecular weight is 586 g/mol. The minimum atomic E-state index is -0.517. The van der Waals surface area contributed by atoms with Crippen LogP contribution in [0.3, 0.4) is 0 Å². The topological polar surface area (TPSA) is 115 Å². The first-order valence-electron chi connectivity index (χ1n) is 11.7. The number of hydrazone groups is 1. The normalized spacial score (nSPS) is 11.7. The van der Waals surface area contributed by atoms with Gasteiger partial charge in [-0.15, -0.1) is 0 Å². The Hall–Kier alpha value is -4.96. The van der Waals surface area contributed by atoms with E-state index in [4.69, 9.17) is 14.2 Å². The summed E-state index contributed by atoms with van der Waals surface area (Å²) < 4.78 is 16.8. The molecule has 0 aromatic heterocycles. The number of esters is 1. The molecule has 1 aliphatic heterocycles. The zero-order chi connectivity index (χ0) is 27.2. The molecule has 39 heavy (non-hydrogen) atoms. The molecule has 10 heteroatoms. The van der Waals surface area contributed by atoms with Gasteiger partial charge in [0.1, 0.15) is 5.75 Å². The first-order valence-corrected chi connectivity index (χ1v) is 12.5. The molecule has 0 bridgehead atoms. The lowest BCUT2D eigenvalue weighted by Gasteiger charge is -2.09. The molecule has 4 aromatic rings. The van der Waals surface area contributed by atoms with Gasteiger partial charge in [-0.25, -0.2) is 10.2 Å². The summed E-state index contributed by atoms with van der Waals surface area (Å²) in [5.41, 5.74) is 4.42. The maximum atomic E-state index is 12.7.